The van der Waals surface area contributed by atoms with Gasteiger partial charge < -0.3 is 5.32 Å². The molecule has 0 radical (unpaired) electrons. The molecular weight excluding hydrogens is 248 g/mol. The van der Waals surface area contributed by atoms with Crippen molar-refractivity contribution < 1.29 is 4.39 Å². The zero-order valence-electron chi connectivity index (χ0n) is 9.17. The molecule has 1 saturated heterocycles. The average molecular weight is 264 g/mol. The van der Waals surface area contributed by atoms with Crippen molar-refractivity contribution in [1.82, 2.24) is 5.32 Å². The van der Waals surface area contributed by atoms with Crippen molar-refractivity contribution in [3.8, 4) is 0 Å². The summed E-state index contributed by atoms with van der Waals surface area (Å²) in [6.07, 6.45) is 0.712. The summed E-state index contributed by atoms with van der Waals surface area (Å²) < 4.78 is 13.9. The van der Waals surface area contributed by atoms with Gasteiger partial charge in [-0.15, -0.1) is 12.4 Å². The topological polar surface area (TPSA) is 12.0 Å². The largest absolute Gasteiger partial charge is 0.305 e. The van der Waals surface area contributed by atoms with E-state index in [1.807, 2.05) is 31.2 Å². The Kier molecular flexibility index (Phi) is 4.60. The van der Waals surface area contributed by atoms with Crippen LogP contribution in [0.25, 0.3) is 0 Å². The van der Waals surface area contributed by atoms with E-state index < -0.39 is 11.7 Å². The lowest BCUT2D eigenvalue weighted by molar-refractivity contribution is 0.121. The molecule has 0 saturated carbocycles. The van der Waals surface area contributed by atoms with Gasteiger partial charge in [0.15, 0.2) is 0 Å². The van der Waals surface area contributed by atoms with Gasteiger partial charge in [0, 0.05) is 5.02 Å². The fraction of sp³-hybridized carbons (Fsp3) is 0.500. The molecular formula is C12H16Cl2FN. The van der Waals surface area contributed by atoms with Gasteiger partial charge in [-0.05, 0) is 44.0 Å². The van der Waals surface area contributed by atoms with Gasteiger partial charge in [0.1, 0.15) is 6.17 Å². The minimum atomic E-state index is -0.826. The van der Waals surface area contributed by atoms with Crippen molar-refractivity contribution in [3.05, 3.63) is 34.9 Å². The summed E-state index contributed by atoms with van der Waals surface area (Å²) in [6.45, 7) is 2.79. The molecule has 2 unspecified atom stereocenters. The van der Waals surface area contributed by atoms with E-state index in [1.165, 1.54) is 0 Å². The molecule has 2 rings (SSSR count). The fourth-order valence-electron chi connectivity index (χ4n) is 2.11. The van der Waals surface area contributed by atoms with E-state index >= 15 is 0 Å². The Hall–Kier alpha value is -0.310. The normalized spacial score (nSPS) is 29.6. The van der Waals surface area contributed by atoms with Gasteiger partial charge in [0.05, 0.1) is 5.54 Å². The van der Waals surface area contributed by atoms with E-state index in [4.69, 9.17) is 11.6 Å². The Morgan fingerprint density at radius 1 is 1.38 bits per heavy atom. The lowest BCUT2D eigenvalue weighted by atomic mass is 9.82. The molecule has 0 amide bonds. The van der Waals surface area contributed by atoms with Crippen LogP contribution in [-0.4, -0.2) is 12.7 Å². The van der Waals surface area contributed by atoms with Gasteiger partial charge in [0.2, 0.25) is 0 Å². The van der Waals surface area contributed by atoms with E-state index in [-0.39, 0.29) is 12.4 Å². The number of piperidine rings is 1. The molecule has 2 atom stereocenters. The Morgan fingerprint density at radius 3 is 2.56 bits per heavy atom. The third-order valence-corrected chi connectivity index (χ3v) is 3.45. The fourth-order valence-corrected chi connectivity index (χ4v) is 2.23. The Labute approximate surface area is 107 Å². The van der Waals surface area contributed by atoms with Crippen LogP contribution in [0.4, 0.5) is 4.39 Å². The first-order chi connectivity index (χ1) is 7.13. The number of rotatable bonds is 1. The van der Waals surface area contributed by atoms with Gasteiger partial charge in [0.25, 0.3) is 0 Å². The van der Waals surface area contributed by atoms with Gasteiger partial charge in [-0.2, -0.15) is 0 Å². The van der Waals surface area contributed by atoms with Crippen LogP contribution in [0.2, 0.25) is 5.02 Å². The van der Waals surface area contributed by atoms with Crippen molar-refractivity contribution in [2.45, 2.75) is 31.5 Å². The van der Waals surface area contributed by atoms with E-state index in [0.29, 0.717) is 11.4 Å². The zero-order chi connectivity index (χ0) is 10.9. The van der Waals surface area contributed by atoms with E-state index in [9.17, 15) is 4.39 Å². The molecule has 1 aliphatic rings. The first-order valence-corrected chi connectivity index (χ1v) is 5.66. The van der Waals surface area contributed by atoms with Crippen LogP contribution in [0, 0.1) is 0 Å². The van der Waals surface area contributed by atoms with Crippen molar-refractivity contribution in [3.63, 3.8) is 0 Å². The summed E-state index contributed by atoms with van der Waals surface area (Å²) in [6, 6.07) is 7.41. The average Bonchev–Trinajstić information content (AvgIpc) is 2.23. The van der Waals surface area contributed by atoms with Gasteiger partial charge in [-0.3, -0.25) is 0 Å². The van der Waals surface area contributed by atoms with E-state index in [0.717, 1.165) is 18.5 Å². The second-order valence-electron chi connectivity index (χ2n) is 4.25. The summed E-state index contributed by atoms with van der Waals surface area (Å²) in [5, 5.41) is 3.95. The highest BCUT2D eigenvalue weighted by atomic mass is 35.5. The molecule has 0 bridgehead atoms. The molecule has 1 aromatic rings. The summed E-state index contributed by atoms with van der Waals surface area (Å²) in [5.74, 6) is 0. The molecule has 1 fully saturated rings. The monoisotopic (exact) mass is 263 g/mol. The van der Waals surface area contributed by atoms with Crippen molar-refractivity contribution in [2.24, 2.45) is 0 Å². The van der Waals surface area contributed by atoms with Gasteiger partial charge in [-0.1, -0.05) is 23.7 Å². The first-order valence-electron chi connectivity index (χ1n) is 5.28. The predicted molar refractivity (Wildman–Crippen MR) is 68.2 cm³/mol. The van der Waals surface area contributed by atoms with Crippen LogP contribution in [0.1, 0.15) is 25.3 Å². The maximum absolute atomic E-state index is 13.9. The van der Waals surface area contributed by atoms with Crippen LogP contribution >= 0.6 is 24.0 Å². The highest BCUT2D eigenvalue weighted by Gasteiger charge is 2.37. The van der Waals surface area contributed by atoms with Crippen LogP contribution < -0.4 is 5.32 Å². The first kappa shape index (κ1) is 13.8. The van der Waals surface area contributed by atoms with Crippen molar-refractivity contribution in [2.75, 3.05) is 6.54 Å². The third-order valence-electron chi connectivity index (χ3n) is 3.20. The Balaban J connectivity index is 0.00000128. The molecule has 1 aromatic carbocycles. The van der Waals surface area contributed by atoms with Gasteiger partial charge in [-0.25, -0.2) is 4.39 Å². The molecule has 0 aliphatic carbocycles. The van der Waals surface area contributed by atoms with Crippen LogP contribution in [-0.2, 0) is 5.54 Å². The molecule has 90 valence electrons. The number of benzene rings is 1. The Bertz CT molecular complexity index is 341. The SMILES string of the molecule is CC1(c2ccc(Cl)cc2)NCCCC1F.Cl. The molecule has 0 spiro atoms. The Morgan fingerprint density at radius 2 is 2.00 bits per heavy atom. The predicted octanol–water partition coefficient (Wildman–Crippen LogP) is 3.70. The van der Waals surface area contributed by atoms with E-state index in [1.54, 1.807) is 0 Å². The van der Waals surface area contributed by atoms with Gasteiger partial charge >= 0.3 is 0 Å². The standard InChI is InChI=1S/C12H15ClFN.ClH/c1-12(11(14)3-2-8-15-12)9-4-6-10(13)7-5-9;/h4-7,11,15H,2-3,8H2,1H3;1H. The third kappa shape index (κ3) is 2.50. The van der Waals surface area contributed by atoms with Crippen LogP contribution in [0.15, 0.2) is 24.3 Å². The number of hydrogen-bond acceptors (Lipinski definition) is 1. The molecule has 1 heterocycles. The maximum Gasteiger partial charge on any atom is 0.122 e. The number of halogens is 3. The zero-order valence-corrected chi connectivity index (χ0v) is 10.7. The summed E-state index contributed by atoms with van der Waals surface area (Å²) in [4.78, 5) is 0. The van der Waals surface area contributed by atoms with Crippen LogP contribution in [0.5, 0.6) is 0 Å². The smallest absolute Gasteiger partial charge is 0.122 e. The lowest BCUT2D eigenvalue weighted by Crippen LogP contribution is -2.51. The van der Waals surface area contributed by atoms with Crippen molar-refractivity contribution in [1.29, 1.82) is 0 Å². The lowest BCUT2D eigenvalue weighted by Gasteiger charge is -2.38. The molecule has 0 aromatic heterocycles. The quantitative estimate of drug-likeness (QED) is 0.815. The van der Waals surface area contributed by atoms with Crippen LogP contribution in [0.3, 0.4) is 0 Å². The number of nitrogens with one attached hydrogen (secondary N) is 1. The summed E-state index contributed by atoms with van der Waals surface area (Å²) in [5.41, 5.74) is 0.419. The molecule has 1 aliphatic heterocycles. The molecule has 4 heteroatoms. The second-order valence-corrected chi connectivity index (χ2v) is 4.68. The number of hydrogen-bond donors (Lipinski definition) is 1. The summed E-state index contributed by atoms with van der Waals surface area (Å²) in [7, 11) is 0. The molecule has 1 nitrogen and oxygen atoms in total. The highest BCUT2D eigenvalue weighted by Crippen LogP contribution is 2.32. The minimum Gasteiger partial charge on any atom is -0.305 e. The highest BCUT2D eigenvalue weighted by molar-refractivity contribution is 6.30. The second kappa shape index (κ2) is 5.35. The minimum absolute atomic E-state index is 0. The number of alkyl halides is 1. The summed E-state index contributed by atoms with van der Waals surface area (Å²) >= 11 is 5.82. The molecule has 16 heavy (non-hydrogen) atoms. The maximum atomic E-state index is 13.9. The van der Waals surface area contributed by atoms with Crippen molar-refractivity contribution >= 4 is 24.0 Å². The van der Waals surface area contributed by atoms with E-state index in [2.05, 4.69) is 5.32 Å². The molecule has 1 N–H and O–H groups in total.